The zero-order valence-electron chi connectivity index (χ0n) is 11.8. The summed E-state index contributed by atoms with van der Waals surface area (Å²) in [6.45, 7) is -0.941. The molecule has 0 spiro atoms. The first kappa shape index (κ1) is 18.8. The smallest absolute Gasteiger partial charge is 0.471 e. The van der Waals surface area contributed by atoms with Crippen molar-refractivity contribution in [3.05, 3.63) is 0 Å². The Bertz CT molecular complexity index is 595. The van der Waals surface area contributed by atoms with Crippen molar-refractivity contribution in [1.29, 1.82) is 0 Å². The van der Waals surface area contributed by atoms with Gasteiger partial charge in [0.1, 0.15) is 13.2 Å². The van der Waals surface area contributed by atoms with Crippen molar-refractivity contribution in [1.82, 2.24) is 0 Å². The molecule has 0 bridgehead atoms. The second kappa shape index (κ2) is 8.37. The molecule has 0 aromatic carbocycles. The summed E-state index contributed by atoms with van der Waals surface area (Å²) in [5.74, 6) is -1.91. The van der Waals surface area contributed by atoms with Gasteiger partial charge in [-0.15, -0.1) is 12.8 Å². The second-order valence-corrected chi connectivity index (χ2v) is 5.67. The van der Waals surface area contributed by atoms with Gasteiger partial charge < -0.3 is 18.7 Å². The molecular weight excluding hydrogens is 334 g/mol. The van der Waals surface area contributed by atoms with Crippen LogP contribution in [-0.2, 0) is 46.7 Å². The Kier molecular flexibility index (Phi) is 6.82. The minimum Gasteiger partial charge on any atom is -0.471 e. The number of hydrogen-bond acceptors (Lipinski definition) is 10. The zero-order valence-corrected chi connectivity index (χ0v) is 12.6. The Morgan fingerprint density at radius 1 is 1.26 bits per heavy atom. The van der Waals surface area contributed by atoms with Crippen LogP contribution in [0.1, 0.15) is 0 Å². The summed E-state index contributed by atoms with van der Waals surface area (Å²) in [7, 11) is -5.26. The van der Waals surface area contributed by atoms with Crippen molar-refractivity contribution in [3.8, 4) is 24.7 Å². The Balaban J connectivity index is 2.82. The molecule has 12 heteroatoms. The molecule has 1 heterocycles. The molecule has 1 rings (SSSR count). The molecule has 122 valence electrons. The summed E-state index contributed by atoms with van der Waals surface area (Å²) in [6, 6.07) is 0. The second-order valence-electron chi connectivity index (χ2n) is 3.61. The molecule has 1 fully saturated rings. The fraction of sp³-hybridized carbons (Fsp3) is 0.364. The number of methoxy groups -OCH3 is 1. The van der Waals surface area contributed by atoms with Crippen LogP contribution < -0.4 is 0 Å². The summed E-state index contributed by atoms with van der Waals surface area (Å²) in [5.41, 5.74) is 0. The molecule has 10 nitrogen and oxygen atoms in total. The monoisotopic (exact) mass is 344 g/mol. The third-order valence-electron chi connectivity index (χ3n) is 2.15. The Labute approximate surface area is 131 Å². The van der Waals surface area contributed by atoms with E-state index in [1.807, 2.05) is 11.8 Å². The maximum atomic E-state index is 12.5. The van der Waals surface area contributed by atoms with Crippen LogP contribution in [-0.4, -0.2) is 51.4 Å². The van der Waals surface area contributed by atoms with Crippen LogP contribution in [0.25, 0.3) is 0 Å². The van der Waals surface area contributed by atoms with Crippen LogP contribution in [0.3, 0.4) is 0 Å². The van der Waals surface area contributed by atoms with E-state index in [4.69, 9.17) is 26.5 Å². The molecule has 0 amide bonds. The molecular formula is C11H10BO10P. The van der Waals surface area contributed by atoms with Crippen molar-refractivity contribution < 1.29 is 46.7 Å². The van der Waals surface area contributed by atoms with E-state index in [2.05, 4.69) is 14.0 Å². The first-order chi connectivity index (χ1) is 10.9. The molecule has 23 heavy (non-hydrogen) atoms. The van der Waals surface area contributed by atoms with E-state index in [0.29, 0.717) is 0 Å². The Morgan fingerprint density at radius 3 is 2.30 bits per heavy atom. The predicted molar refractivity (Wildman–Crippen MR) is 72.0 cm³/mol. The maximum absolute atomic E-state index is 12.5. The van der Waals surface area contributed by atoms with Crippen LogP contribution >= 0.6 is 7.60 Å². The molecule has 1 aliphatic rings. The molecule has 0 N–H and O–H groups in total. The van der Waals surface area contributed by atoms with Gasteiger partial charge >= 0.3 is 32.8 Å². The minimum atomic E-state index is -4.26. The number of ether oxygens (including phenoxy) is 1. The number of rotatable bonds is 6. The highest BCUT2D eigenvalue weighted by molar-refractivity contribution is 7.55. The van der Waals surface area contributed by atoms with Crippen molar-refractivity contribution in [2.75, 3.05) is 20.3 Å². The SMILES string of the molecule is C#CCOP(=O)(OCC#C)C1OB(OC(=O)C(=O)OC)OC1=O. The van der Waals surface area contributed by atoms with Gasteiger partial charge in [0.15, 0.2) is 0 Å². The number of hydrogen-bond donors (Lipinski definition) is 0. The fourth-order valence-electron chi connectivity index (χ4n) is 1.24. The van der Waals surface area contributed by atoms with Crippen molar-refractivity contribution >= 4 is 32.8 Å². The summed E-state index contributed by atoms with van der Waals surface area (Å²) in [6.07, 6.45) is 9.94. The molecule has 0 radical (unpaired) electrons. The zero-order chi connectivity index (χ0) is 17.5. The predicted octanol–water partition coefficient (Wildman–Crippen LogP) is -0.920. The highest BCUT2D eigenvalue weighted by Crippen LogP contribution is 2.55. The third kappa shape index (κ3) is 4.85. The van der Waals surface area contributed by atoms with E-state index in [0.717, 1.165) is 7.11 Å². The van der Waals surface area contributed by atoms with E-state index >= 15 is 0 Å². The van der Waals surface area contributed by atoms with E-state index in [-0.39, 0.29) is 0 Å². The lowest BCUT2D eigenvalue weighted by Gasteiger charge is -2.19. The van der Waals surface area contributed by atoms with E-state index < -0.39 is 51.9 Å². The van der Waals surface area contributed by atoms with Gasteiger partial charge in [-0.3, -0.25) is 18.4 Å². The Hall–Kier alpha value is -2.30. The lowest BCUT2D eigenvalue weighted by molar-refractivity contribution is -0.161. The average Bonchev–Trinajstić information content (AvgIpc) is 2.91. The van der Waals surface area contributed by atoms with Gasteiger partial charge in [0, 0.05) is 0 Å². The van der Waals surface area contributed by atoms with Gasteiger partial charge in [0.2, 0.25) is 5.85 Å². The van der Waals surface area contributed by atoms with Crippen LogP contribution in [0.2, 0.25) is 0 Å². The van der Waals surface area contributed by atoms with E-state index in [1.165, 1.54) is 0 Å². The lowest BCUT2D eigenvalue weighted by Crippen LogP contribution is -2.30. The standard InChI is InChI=1S/C11H10BO10P/c1-4-6-18-23(16,19-7-5-2)11-10(15)21-12(22-11)20-9(14)8(13)17-3/h1-2,11H,6-7H2,3H3. The Morgan fingerprint density at radius 2 is 1.83 bits per heavy atom. The number of terminal acetylenes is 2. The van der Waals surface area contributed by atoms with Crippen LogP contribution in [0, 0.1) is 24.7 Å². The topological polar surface area (TPSA) is 124 Å². The maximum Gasteiger partial charge on any atom is 0.793 e. The van der Waals surface area contributed by atoms with E-state index in [1.54, 1.807) is 0 Å². The van der Waals surface area contributed by atoms with Gasteiger partial charge in [-0.05, 0) is 0 Å². The van der Waals surface area contributed by atoms with Gasteiger partial charge in [0.05, 0.1) is 7.11 Å². The number of carbonyl (C=O) groups is 3. The molecule has 0 aliphatic carbocycles. The molecule has 0 aromatic heterocycles. The highest BCUT2D eigenvalue weighted by Gasteiger charge is 2.56. The molecule has 0 saturated carbocycles. The normalized spacial score (nSPS) is 16.9. The minimum absolute atomic E-state index is 0.471. The van der Waals surface area contributed by atoms with Crippen LogP contribution in [0.15, 0.2) is 0 Å². The molecule has 1 saturated heterocycles. The first-order valence-electron chi connectivity index (χ1n) is 5.78. The van der Waals surface area contributed by atoms with E-state index in [9.17, 15) is 18.9 Å². The van der Waals surface area contributed by atoms with Crippen molar-refractivity contribution in [3.63, 3.8) is 0 Å². The average molecular weight is 344 g/mol. The number of esters is 1. The highest BCUT2D eigenvalue weighted by atomic mass is 31.2. The third-order valence-corrected chi connectivity index (χ3v) is 4.04. The van der Waals surface area contributed by atoms with Crippen LogP contribution in [0.5, 0.6) is 0 Å². The fourth-order valence-corrected chi connectivity index (χ4v) is 2.66. The van der Waals surface area contributed by atoms with Gasteiger partial charge in [-0.2, -0.15) is 0 Å². The molecule has 0 aromatic rings. The van der Waals surface area contributed by atoms with Gasteiger partial charge in [-0.1, -0.05) is 11.8 Å². The first-order valence-corrected chi connectivity index (χ1v) is 7.39. The van der Waals surface area contributed by atoms with Gasteiger partial charge in [-0.25, -0.2) is 9.59 Å². The molecule has 1 aliphatic heterocycles. The molecule has 1 atom stereocenters. The largest absolute Gasteiger partial charge is 0.793 e. The van der Waals surface area contributed by atoms with Crippen molar-refractivity contribution in [2.45, 2.75) is 5.85 Å². The quantitative estimate of drug-likeness (QED) is 0.196. The lowest BCUT2D eigenvalue weighted by atomic mass is 10.2. The summed E-state index contributed by atoms with van der Waals surface area (Å²) >= 11 is 0. The number of carbonyl (C=O) groups excluding carboxylic acids is 3. The summed E-state index contributed by atoms with van der Waals surface area (Å²) < 4.78 is 39.9. The molecule has 1 unspecified atom stereocenters. The summed E-state index contributed by atoms with van der Waals surface area (Å²) in [5, 5.41) is 0. The summed E-state index contributed by atoms with van der Waals surface area (Å²) in [4.78, 5) is 33.8. The van der Waals surface area contributed by atoms with Crippen LogP contribution in [0.4, 0.5) is 0 Å². The van der Waals surface area contributed by atoms with Gasteiger partial charge in [0.25, 0.3) is 0 Å². The van der Waals surface area contributed by atoms with Crippen molar-refractivity contribution in [2.24, 2.45) is 0 Å².